The second-order valence-electron chi connectivity index (χ2n) is 3.62. The van der Waals surface area contributed by atoms with Crippen molar-refractivity contribution in [3.8, 4) is 34.8 Å². The largest absolute Gasteiger partial charge is 0.507 e. The summed E-state index contributed by atoms with van der Waals surface area (Å²) in [6.07, 6.45) is 0. The van der Waals surface area contributed by atoms with Crippen LogP contribution in [0.15, 0.2) is 36.4 Å². The Balaban J connectivity index is 2.87. The molecule has 4 nitrogen and oxygen atoms in total. The fraction of sp³-hybridized carbons (Fsp3) is 0. The maximum atomic E-state index is 9.79. The van der Waals surface area contributed by atoms with Crippen LogP contribution in [0.4, 0.5) is 0 Å². The van der Waals surface area contributed by atoms with Crippen molar-refractivity contribution < 1.29 is 10.2 Å². The van der Waals surface area contributed by atoms with Gasteiger partial charge in [-0.05, 0) is 18.2 Å². The van der Waals surface area contributed by atoms with E-state index >= 15 is 0 Å². The van der Waals surface area contributed by atoms with Crippen LogP contribution in [0.1, 0.15) is 11.1 Å². The summed E-state index contributed by atoms with van der Waals surface area (Å²) in [5, 5.41) is 37.6. The molecule has 0 aliphatic rings. The monoisotopic (exact) mass is 236 g/mol. The van der Waals surface area contributed by atoms with Gasteiger partial charge in [-0.3, -0.25) is 0 Å². The number of nitrogens with zero attached hydrogens (tertiary/aromatic N) is 2. The minimum atomic E-state index is -0.213. The lowest BCUT2D eigenvalue weighted by Crippen LogP contribution is -1.91. The van der Waals surface area contributed by atoms with Crippen LogP contribution in [0.2, 0.25) is 0 Å². The summed E-state index contributed by atoms with van der Waals surface area (Å²) in [7, 11) is 0. The Morgan fingerprint density at radius 3 is 2.17 bits per heavy atom. The van der Waals surface area contributed by atoms with Gasteiger partial charge in [0.2, 0.25) is 0 Å². The van der Waals surface area contributed by atoms with E-state index in [1.54, 1.807) is 18.2 Å². The molecule has 0 aromatic heterocycles. The molecule has 4 heteroatoms. The van der Waals surface area contributed by atoms with E-state index in [9.17, 15) is 10.2 Å². The van der Waals surface area contributed by atoms with Crippen molar-refractivity contribution in [3.05, 3.63) is 47.5 Å². The van der Waals surface area contributed by atoms with Crippen LogP contribution in [-0.4, -0.2) is 10.2 Å². The first kappa shape index (κ1) is 11.5. The first-order valence-corrected chi connectivity index (χ1v) is 5.13. The van der Waals surface area contributed by atoms with Crippen molar-refractivity contribution in [1.82, 2.24) is 0 Å². The minimum absolute atomic E-state index is 0.0180. The number of para-hydroxylation sites is 1. The van der Waals surface area contributed by atoms with E-state index in [1.807, 2.05) is 12.1 Å². The standard InChI is InChI=1S/C14H8N2O2/c15-7-9-5-6-13(18)11(8-16)14(9)10-3-1-2-4-12(10)17/h1-6,17-18H. The van der Waals surface area contributed by atoms with Crippen molar-refractivity contribution in [1.29, 1.82) is 10.5 Å². The number of aromatic hydroxyl groups is 2. The van der Waals surface area contributed by atoms with Crippen LogP contribution >= 0.6 is 0 Å². The number of benzene rings is 2. The van der Waals surface area contributed by atoms with Gasteiger partial charge in [0.05, 0.1) is 11.6 Å². The third kappa shape index (κ3) is 1.73. The first-order chi connectivity index (χ1) is 8.69. The van der Waals surface area contributed by atoms with Crippen LogP contribution in [0.5, 0.6) is 11.5 Å². The Morgan fingerprint density at radius 1 is 0.833 bits per heavy atom. The first-order valence-electron chi connectivity index (χ1n) is 5.13. The van der Waals surface area contributed by atoms with Gasteiger partial charge in [0.15, 0.2) is 0 Å². The average molecular weight is 236 g/mol. The van der Waals surface area contributed by atoms with E-state index in [-0.39, 0.29) is 28.2 Å². The normalized spacial score (nSPS) is 9.44. The highest BCUT2D eigenvalue weighted by molar-refractivity contribution is 5.82. The molecule has 0 heterocycles. The number of hydrogen-bond acceptors (Lipinski definition) is 4. The molecule has 0 fully saturated rings. The summed E-state index contributed by atoms with van der Waals surface area (Å²) >= 11 is 0. The number of phenols is 2. The van der Waals surface area contributed by atoms with Crippen molar-refractivity contribution in [2.75, 3.05) is 0 Å². The van der Waals surface area contributed by atoms with Gasteiger partial charge in [-0.2, -0.15) is 10.5 Å². The van der Waals surface area contributed by atoms with Gasteiger partial charge in [-0.25, -0.2) is 0 Å². The number of nitriles is 2. The molecular weight excluding hydrogens is 228 g/mol. The SMILES string of the molecule is N#Cc1ccc(O)c(C#N)c1-c1ccccc1O. The molecule has 0 radical (unpaired) electrons. The molecule has 2 aromatic rings. The van der Waals surface area contributed by atoms with Crippen LogP contribution in [0, 0.1) is 22.7 Å². The maximum Gasteiger partial charge on any atom is 0.134 e. The van der Waals surface area contributed by atoms with Crippen molar-refractivity contribution in [2.45, 2.75) is 0 Å². The third-order valence-electron chi connectivity index (χ3n) is 2.59. The lowest BCUT2D eigenvalue weighted by atomic mass is 9.94. The van der Waals surface area contributed by atoms with Crippen LogP contribution in [0.3, 0.4) is 0 Å². The molecule has 0 bridgehead atoms. The van der Waals surface area contributed by atoms with E-state index in [0.717, 1.165) is 0 Å². The average Bonchev–Trinajstić information content (AvgIpc) is 2.39. The van der Waals surface area contributed by atoms with E-state index in [2.05, 4.69) is 0 Å². The highest BCUT2D eigenvalue weighted by Gasteiger charge is 2.17. The van der Waals surface area contributed by atoms with Gasteiger partial charge in [0.1, 0.15) is 23.1 Å². The molecule has 86 valence electrons. The van der Waals surface area contributed by atoms with Crippen LogP contribution < -0.4 is 0 Å². The summed E-state index contributed by atoms with van der Waals surface area (Å²) < 4.78 is 0. The lowest BCUT2D eigenvalue weighted by Gasteiger charge is -2.09. The molecule has 0 unspecified atom stereocenters. The molecule has 0 aliphatic heterocycles. The molecule has 0 atom stereocenters. The van der Waals surface area contributed by atoms with Gasteiger partial charge >= 0.3 is 0 Å². The quantitative estimate of drug-likeness (QED) is 0.796. The molecule has 0 saturated heterocycles. The highest BCUT2D eigenvalue weighted by Crippen LogP contribution is 2.37. The number of rotatable bonds is 1. The molecule has 0 amide bonds. The van der Waals surface area contributed by atoms with E-state index in [4.69, 9.17) is 10.5 Å². The third-order valence-corrected chi connectivity index (χ3v) is 2.59. The Kier molecular flexibility index (Phi) is 2.87. The second-order valence-corrected chi connectivity index (χ2v) is 3.62. The van der Waals surface area contributed by atoms with Gasteiger partial charge < -0.3 is 10.2 Å². The summed E-state index contributed by atoms with van der Waals surface area (Å²) in [5.74, 6) is -0.258. The lowest BCUT2D eigenvalue weighted by molar-refractivity contribution is 0.472. The fourth-order valence-electron chi connectivity index (χ4n) is 1.76. The zero-order valence-corrected chi connectivity index (χ0v) is 9.25. The molecule has 0 spiro atoms. The molecule has 2 rings (SSSR count). The molecule has 0 saturated carbocycles. The summed E-state index contributed by atoms with van der Waals surface area (Å²) in [6.45, 7) is 0. The topological polar surface area (TPSA) is 88.0 Å². The molecule has 2 aromatic carbocycles. The van der Waals surface area contributed by atoms with Gasteiger partial charge in [-0.15, -0.1) is 0 Å². The fourth-order valence-corrected chi connectivity index (χ4v) is 1.76. The molecule has 0 aliphatic carbocycles. The van der Waals surface area contributed by atoms with Crippen molar-refractivity contribution in [2.24, 2.45) is 0 Å². The number of hydrogen-bond donors (Lipinski definition) is 2. The Hall–Kier alpha value is -2.98. The molecule has 18 heavy (non-hydrogen) atoms. The molecule has 2 N–H and O–H groups in total. The molecular formula is C14H8N2O2. The second kappa shape index (κ2) is 4.48. The zero-order chi connectivity index (χ0) is 13.1. The van der Waals surface area contributed by atoms with Crippen molar-refractivity contribution >= 4 is 0 Å². The summed E-state index contributed by atoms with van der Waals surface area (Å²) in [4.78, 5) is 0. The minimum Gasteiger partial charge on any atom is -0.507 e. The summed E-state index contributed by atoms with van der Waals surface area (Å²) in [6, 6.07) is 12.9. The zero-order valence-electron chi connectivity index (χ0n) is 9.25. The Labute approximate surface area is 104 Å². The van der Waals surface area contributed by atoms with Gasteiger partial charge in [0.25, 0.3) is 0 Å². The number of phenolic OH excluding ortho intramolecular Hbond substituents is 2. The van der Waals surface area contributed by atoms with Gasteiger partial charge in [0, 0.05) is 11.1 Å². The van der Waals surface area contributed by atoms with E-state index < -0.39 is 0 Å². The maximum absolute atomic E-state index is 9.79. The van der Waals surface area contributed by atoms with Crippen molar-refractivity contribution in [3.63, 3.8) is 0 Å². The van der Waals surface area contributed by atoms with E-state index in [0.29, 0.717) is 5.56 Å². The van der Waals surface area contributed by atoms with Crippen LogP contribution in [0.25, 0.3) is 11.1 Å². The van der Waals surface area contributed by atoms with E-state index in [1.165, 1.54) is 18.2 Å². The highest BCUT2D eigenvalue weighted by atomic mass is 16.3. The Morgan fingerprint density at radius 2 is 1.56 bits per heavy atom. The van der Waals surface area contributed by atoms with Gasteiger partial charge in [-0.1, -0.05) is 18.2 Å². The Bertz CT molecular complexity index is 694. The van der Waals surface area contributed by atoms with Crippen LogP contribution in [-0.2, 0) is 0 Å². The smallest absolute Gasteiger partial charge is 0.134 e. The predicted octanol–water partition coefficient (Wildman–Crippen LogP) is 2.51. The summed E-state index contributed by atoms with van der Waals surface area (Å²) in [5.41, 5.74) is 0.806. The predicted molar refractivity (Wildman–Crippen MR) is 64.6 cm³/mol.